The molecule has 31 heavy (non-hydrogen) atoms. The highest BCUT2D eigenvalue weighted by Gasteiger charge is 2.39. The summed E-state index contributed by atoms with van der Waals surface area (Å²) in [5.74, 6) is 0.690. The zero-order valence-corrected chi connectivity index (χ0v) is 18.1. The zero-order chi connectivity index (χ0) is 21.9. The van der Waals surface area contributed by atoms with Crippen molar-refractivity contribution in [3.63, 3.8) is 0 Å². The number of halogens is 1. The van der Waals surface area contributed by atoms with Crippen LogP contribution in [0.3, 0.4) is 0 Å². The summed E-state index contributed by atoms with van der Waals surface area (Å²) >= 11 is 6.25. The van der Waals surface area contributed by atoms with Crippen LogP contribution in [0, 0.1) is 0 Å². The van der Waals surface area contributed by atoms with Gasteiger partial charge in [0, 0.05) is 44.2 Å². The fourth-order valence-corrected chi connectivity index (χ4v) is 4.82. The summed E-state index contributed by atoms with van der Waals surface area (Å²) in [6.07, 6.45) is 1.69. The van der Waals surface area contributed by atoms with Gasteiger partial charge in [-0.05, 0) is 24.5 Å². The van der Waals surface area contributed by atoms with E-state index in [1.165, 1.54) is 16.1 Å². The number of hydrogen-bond donors (Lipinski definition) is 1. The van der Waals surface area contributed by atoms with Gasteiger partial charge in [0.05, 0.1) is 6.54 Å². The standard InChI is InChI=1S/C21H23ClN6O3/c1-12(29)23-14-9-15(10-14)26-7-8-27-17-18(24-20(26)27)25(2)21(31)28(19(17)30)11-13-5-3-4-6-16(13)22/h3-6,14-15H,7-11H2,1-2H3,(H,23,29). The first-order chi connectivity index (χ1) is 14.8. The predicted octanol–water partition coefficient (Wildman–Crippen LogP) is 1.09. The highest BCUT2D eigenvalue weighted by atomic mass is 35.5. The van der Waals surface area contributed by atoms with E-state index in [9.17, 15) is 14.4 Å². The molecule has 3 heterocycles. The first kappa shape index (κ1) is 19.9. The van der Waals surface area contributed by atoms with E-state index < -0.39 is 5.69 Å². The SMILES string of the molecule is CC(=O)NC1CC(N2CCn3c2nc2c3c(=O)n(Cc3ccccc3Cl)c(=O)n2C)C1. The third-order valence-corrected chi connectivity index (χ3v) is 6.65. The number of amides is 1. The molecule has 5 rings (SSSR count). The maximum atomic E-state index is 13.4. The molecule has 0 spiro atoms. The largest absolute Gasteiger partial charge is 0.353 e. The van der Waals surface area contributed by atoms with Gasteiger partial charge in [-0.3, -0.25) is 18.7 Å². The molecule has 1 aromatic carbocycles. The van der Waals surface area contributed by atoms with Gasteiger partial charge in [-0.15, -0.1) is 0 Å². The third-order valence-electron chi connectivity index (χ3n) is 6.28. The maximum Gasteiger partial charge on any atom is 0.332 e. The van der Waals surface area contributed by atoms with Gasteiger partial charge in [-0.1, -0.05) is 29.8 Å². The fraction of sp³-hybridized carbons (Fsp3) is 0.429. The molecule has 2 aromatic heterocycles. The molecule has 1 amide bonds. The number of imidazole rings is 1. The molecular formula is C21H23ClN6O3. The number of carbonyl (C=O) groups is 1. The topological polar surface area (TPSA) is 94.2 Å². The molecule has 162 valence electrons. The number of fused-ring (bicyclic) bond motifs is 3. The number of benzene rings is 1. The van der Waals surface area contributed by atoms with Crippen molar-refractivity contribution in [3.8, 4) is 0 Å². The first-order valence-corrected chi connectivity index (χ1v) is 10.7. The predicted molar refractivity (Wildman–Crippen MR) is 118 cm³/mol. The van der Waals surface area contributed by atoms with Gasteiger partial charge < -0.3 is 14.8 Å². The summed E-state index contributed by atoms with van der Waals surface area (Å²) in [6, 6.07) is 7.63. The van der Waals surface area contributed by atoms with Gasteiger partial charge >= 0.3 is 5.69 Å². The summed E-state index contributed by atoms with van der Waals surface area (Å²) in [4.78, 5) is 44.4. The number of aromatic nitrogens is 4. The van der Waals surface area contributed by atoms with Crippen molar-refractivity contribution in [2.45, 2.75) is 44.9 Å². The lowest BCUT2D eigenvalue weighted by Gasteiger charge is -2.41. The number of hydrogen-bond acceptors (Lipinski definition) is 5. The van der Waals surface area contributed by atoms with E-state index in [1.54, 1.807) is 13.1 Å². The second kappa shape index (κ2) is 7.26. The van der Waals surface area contributed by atoms with Crippen LogP contribution in [0.4, 0.5) is 5.95 Å². The summed E-state index contributed by atoms with van der Waals surface area (Å²) < 4.78 is 4.56. The molecule has 10 heteroatoms. The molecule has 0 radical (unpaired) electrons. The van der Waals surface area contributed by atoms with Crippen LogP contribution in [-0.2, 0) is 24.9 Å². The van der Waals surface area contributed by atoms with Crippen LogP contribution in [0.25, 0.3) is 11.2 Å². The van der Waals surface area contributed by atoms with Crippen LogP contribution in [-0.4, -0.2) is 43.2 Å². The molecule has 0 saturated heterocycles. The van der Waals surface area contributed by atoms with Crippen molar-refractivity contribution in [2.24, 2.45) is 7.05 Å². The number of aryl methyl sites for hydroxylation is 1. The van der Waals surface area contributed by atoms with Gasteiger partial charge in [0.2, 0.25) is 11.9 Å². The van der Waals surface area contributed by atoms with Crippen LogP contribution >= 0.6 is 11.6 Å². The van der Waals surface area contributed by atoms with E-state index in [2.05, 4.69) is 15.2 Å². The van der Waals surface area contributed by atoms with Crippen LogP contribution < -0.4 is 21.5 Å². The van der Waals surface area contributed by atoms with E-state index in [-0.39, 0.29) is 30.1 Å². The molecule has 2 aliphatic rings. The Hall–Kier alpha value is -3.07. The average molecular weight is 443 g/mol. The highest BCUT2D eigenvalue weighted by molar-refractivity contribution is 6.31. The van der Waals surface area contributed by atoms with Crippen molar-refractivity contribution < 1.29 is 4.79 Å². The van der Waals surface area contributed by atoms with Gasteiger partial charge in [0.25, 0.3) is 5.56 Å². The summed E-state index contributed by atoms with van der Waals surface area (Å²) in [7, 11) is 1.64. The van der Waals surface area contributed by atoms with Crippen LogP contribution in [0.1, 0.15) is 25.3 Å². The van der Waals surface area contributed by atoms with Gasteiger partial charge in [0.15, 0.2) is 11.2 Å². The number of carbonyl (C=O) groups excluding carboxylic acids is 1. The van der Waals surface area contributed by atoms with Gasteiger partial charge in [-0.2, -0.15) is 4.98 Å². The third kappa shape index (κ3) is 3.15. The quantitative estimate of drug-likeness (QED) is 0.652. The van der Waals surface area contributed by atoms with Crippen molar-refractivity contribution in [3.05, 3.63) is 55.7 Å². The Morgan fingerprint density at radius 3 is 2.68 bits per heavy atom. The number of rotatable bonds is 4. The minimum atomic E-state index is -0.421. The lowest BCUT2D eigenvalue weighted by atomic mass is 9.85. The van der Waals surface area contributed by atoms with Crippen molar-refractivity contribution in [2.75, 3.05) is 11.4 Å². The van der Waals surface area contributed by atoms with Crippen molar-refractivity contribution >= 4 is 34.6 Å². The molecule has 1 fully saturated rings. The Labute approximate surface area is 182 Å². The summed E-state index contributed by atoms with van der Waals surface area (Å²) in [5.41, 5.74) is 0.759. The van der Waals surface area contributed by atoms with E-state index in [1.807, 2.05) is 22.8 Å². The van der Waals surface area contributed by atoms with Crippen LogP contribution in [0.2, 0.25) is 5.02 Å². The molecule has 1 N–H and O–H groups in total. The Kier molecular flexibility index (Phi) is 4.65. The molecule has 0 unspecified atom stereocenters. The van der Waals surface area contributed by atoms with Crippen LogP contribution in [0.15, 0.2) is 33.9 Å². The Bertz CT molecular complexity index is 1320. The summed E-state index contributed by atoms with van der Waals surface area (Å²) in [6.45, 7) is 3.01. The Morgan fingerprint density at radius 2 is 1.97 bits per heavy atom. The van der Waals surface area contributed by atoms with E-state index in [0.29, 0.717) is 34.2 Å². The number of nitrogens with zero attached hydrogens (tertiary/aromatic N) is 5. The second-order valence-electron chi connectivity index (χ2n) is 8.28. The normalized spacial score (nSPS) is 20.0. The van der Waals surface area contributed by atoms with E-state index >= 15 is 0 Å². The number of nitrogens with one attached hydrogen (secondary N) is 1. The Morgan fingerprint density at radius 1 is 1.23 bits per heavy atom. The van der Waals surface area contributed by atoms with Crippen molar-refractivity contribution in [1.29, 1.82) is 0 Å². The van der Waals surface area contributed by atoms with Crippen molar-refractivity contribution in [1.82, 2.24) is 24.0 Å². The lowest BCUT2D eigenvalue weighted by Crippen LogP contribution is -2.53. The molecule has 1 saturated carbocycles. The monoisotopic (exact) mass is 442 g/mol. The molecule has 3 aromatic rings. The fourth-order valence-electron chi connectivity index (χ4n) is 4.63. The van der Waals surface area contributed by atoms with Gasteiger partial charge in [0.1, 0.15) is 0 Å². The zero-order valence-electron chi connectivity index (χ0n) is 17.3. The minimum Gasteiger partial charge on any atom is -0.353 e. The van der Waals surface area contributed by atoms with E-state index in [0.717, 1.165) is 19.4 Å². The summed E-state index contributed by atoms with van der Waals surface area (Å²) in [5, 5.41) is 3.46. The Balaban J connectivity index is 1.53. The molecule has 1 aliphatic carbocycles. The molecule has 0 atom stereocenters. The maximum absolute atomic E-state index is 13.4. The smallest absolute Gasteiger partial charge is 0.332 e. The molecule has 0 bridgehead atoms. The first-order valence-electron chi connectivity index (χ1n) is 10.3. The van der Waals surface area contributed by atoms with Gasteiger partial charge in [-0.25, -0.2) is 4.79 Å². The number of anilines is 1. The lowest BCUT2D eigenvalue weighted by molar-refractivity contribution is -0.120. The average Bonchev–Trinajstić information content (AvgIpc) is 3.27. The second-order valence-corrected chi connectivity index (χ2v) is 8.68. The molecular weight excluding hydrogens is 420 g/mol. The van der Waals surface area contributed by atoms with Crippen LogP contribution in [0.5, 0.6) is 0 Å². The highest BCUT2D eigenvalue weighted by Crippen LogP contribution is 2.34. The minimum absolute atomic E-state index is 0.0221. The molecule has 9 nitrogen and oxygen atoms in total. The molecule has 1 aliphatic heterocycles. The van der Waals surface area contributed by atoms with E-state index in [4.69, 9.17) is 11.6 Å².